The molecule has 0 aliphatic heterocycles. The zero-order valence-electron chi connectivity index (χ0n) is 17.8. The summed E-state index contributed by atoms with van der Waals surface area (Å²) in [5.41, 5.74) is 0.979. The fraction of sp³-hybridized carbons (Fsp3) is 0.174. The van der Waals surface area contributed by atoms with Crippen molar-refractivity contribution in [2.24, 2.45) is 0 Å². The van der Waals surface area contributed by atoms with Gasteiger partial charge < -0.3 is 10.1 Å². The molecule has 0 bridgehead atoms. The summed E-state index contributed by atoms with van der Waals surface area (Å²) in [4.78, 5) is 12.4. The molecule has 180 valence electrons. The van der Waals surface area contributed by atoms with Crippen molar-refractivity contribution in [1.82, 2.24) is 5.32 Å². The van der Waals surface area contributed by atoms with Crippen molar-refractivity contribution in [3.05, 3.63) is 89.2 Å². The zero-order chi connectivity index (χ0) is 24.9. The number of rotatable bonds is 8. The Morgan fingerprint density at radius 1 is 1.00 bits per heavy atom. The highest BCUT2D eigenvalue weighted by Crippen LogP contribution is 2.22. The molecule has 3 rings (SSSR count). The minimum Gasteiger partial charge on any atom is -0.484 e. The Morgan fingerprint density at radius 3 is 2.32 bits per heavy atom. The molecule has 0 saturated heterocycles. The minimum atomic E-state index is -4.45. The Balaban J connectivity index is 1.68. The maximum absolute atomic E-state index is 13.8. The number of hydrogen-bond donors (Lipinski definition) is 2. The predicted molar refractivity (Wildman–Crippen MR) is 118 cm³/mol. The van der Waals surface area contributed by atoms with Crippen LogP contribution in [0, 0.1) is 12.7 Å². The van der Waals surface area contributed by atoms with Gasteiger partial charge in [0.15, 0.2) is 6.61 Å². The first-order valence-corrected chi connectivity index (χ1v) is 11.4. The summed E-state index contributed by atoms with van der Waals surface area (Å²) in [6.07, 6.45) is -4.45. The number of para-hydroxylation sites is 1. The average molecular weight is 496 g/mol. The number of alkyl halides is 3. The van der Waals surface area contributed by atoms with Gasteiger partial charge in [-0.1, -0.05) is 30.3 Å². The Labute approximate surface area is 193 Å². The number of sulfonamides is 1. The van der Waals surface area contributed by atoms with Crippen molar-refractivity contribution >= 4 is 21.6 Å². The fourth-order valence-electron chi connectivity index (χ4n) is 2.91. The van der Waals surface area contributed by atoms with E-state index >= 15 is 0 Å². The van der Waals surface area contributed by atoms with E-state index in [1.807, 2.05) is 0 Å². The highest BCUT2D eigenvalue weighted by molar-refractivity contribution is 7.92. The molecule has 0 atom stereocenters. The van der Waals surface area contributed by atoms with E-state index in [1.165, 1.54) is 60.7 Å². The molecule has 0 aliphatic carbocycles. The number of carbonyl (C=O) groups is 1. The molecule has 2 N–H and O–H groups in total. The van der Waals surface area contributed by atoms with E-state index in [9.17, 15) is 30.8 Å². The van der Waals surface area contributed by atoms with Crippen LogP contribution in [0.25, 0.3) is 0 Å². The number of benzene rings is 3. The van der Waals surface area contributed by atoms with E-state index in [-0.39, 0.29) is 28.4 Å². The molecule has 0 unspecified atom stereocenters. The smallest absolute Gasteiger partial charge is 0.422 e. The molecule has 11 heteroatoms. The number of nitrogens with one attached hydrogen (secondary N) is 2. The van der Waals surface area contributed by atoms with Crippen LogP contribution in [0.5, 0.6) is 5.75 Å². The number of amides is 1. The zero-order valence-corrected chi connectivity index (χ0v) is 18.6. The topological polar surface area (TPSA) is 84.5 Å². The Bertz CT molecular complexity index is 1280. The summed E-state index contributed by atoms with van der Waals surface area (Å²) >= 11 is 0. The number of aryl methyl sites for hydroxylation is 1. The van der Waals surface area contributed by atoms with Crippen molar-refractivity contribution < 1.29 is 35.5 Å². The normalized spacial score (nSPS) is 11.7. The van der Waals surface area contributed by atoms with Crippen LogP contribution in [0.1, 0.15) is 21.5 Å². The lowest BCUT2D eigenvalue weighted by atomic mass is 10.1. The first-order chi connectivity index (χ1) is 15.9. The van der Waals surface area contributed by atoms with Crippen LogP contribution in [0.2, 0.25) is 0 Å². The second-order valence-electron chi connectivity index (χ2n) is 7.29. The van der Waals surface area contributed by atoms with Gasteiger partial charge in [0.2, 0.25) is 0 Å². The molecule has 1 amide bonds. The third kappa shape index (κ3) is 6.70. The van der Waals surface area contributed by atoms with Crippen LogP contribution >= 0.6 is 0 Å². The van der Waals surface area contributed by atoms with Gasteiger partial charge in [0.05, 0.1) is 10.6 Å². The lowest BCUT2D eigenvalue weighted by Gasteiger charge is -2.13. The van der Waals surface area contributed by atoms with E-state index in [4.69, 9.17) is 0 Å². The second kappa shape index (κ2) is 10.1. The highest BCUT2D eigenvalue weighted by atomic mass is 32.2. The number of ether oxygens (including phenoxy) is 1. The standard InChI is InChI=1S/C23H20F4N2O4S/c1-15-6-11-18(34(31,32)29-21-5-3-2-4-20(21)24)12-19(15)22(30)28-13-16-7-9-17(10-8-16)33-14-23(25,26)27/h2-12,29H,13-14H2,1H3,(H,28,30). The highest BCUT2D eigenvalue weighted by Gasteiger charge is 2.28. The van der Waals surface area contributed by atoms with E-state index in [0.29, 0.717) is 11.1 Å². The van der Waals surface area contributed by atoms with Crippen molar-refractivity contribution in [1.29, 1.82) is 0 Å². The second-order valence-corrected chi connectivity index (χ2v) is 8.97. The number of halogens is 4. The van der Waals surface area contributed by atoms with Gasteiger partial charge in [-0.15, -0.1) is 0 Å². The summed E-state index contributed by atoms with van der Waals surface area (Å²) in [7, 11) is -4.16. The molecule has 3 aromatic carbocycles. The first-order valence-electron chi connectivity index (χ1n) is 9.89. The van der Waals surface area contributed by atoms with Gasteiger partial charge in [-0.2, -0.15) is 13.2 Å². The van der Waals surface area contributed by atoms with Gasteiger partial charge in [0.25, 0.3) is 15.9 Å². The van der Waals surface area contributed by atoms with Gasteiger partial charge in [-0.25, -0.2) is 12.8 Å². The Hall–Kier alpha value is -3.60. The van der Waals surface area contributed by atoms with Crippen molar-refractivity contribution in [2.75, 3.05) is 11.3 Å². The van der Waals surface area contributed by atoms with Gasteiger partial charge in [0, 0.05) is 12.1 Å². The molecular formula is C23H20F4N2O4S. The third-order valence-electron chi connectivity index (χ3n) is 4.66. The molecule has 0 heterocycles. The van der Waals surface area contributed by atoms with E-state index in [2.05, 4.69) is 14.8 Å². The Morgan fingerprint density at radius 2 is 1.68 bits per heavy atom. The van der Waals surface area contributed by atoms with Crippen LogP contribution < -0.4 is 14.8 Å². The van der Waals surface area contributed by atoms with E-state index in [0.717, 1.165) is 6.07 Å². The summed E-state index contributed by atoms with van der Waals surface area (Å²) < 4.78 is 82.6. The largest absolute Gasteiger partial charge is 0.484 e. The molecule has 3 aromatic rings. The summed E-state index contributed by atoms with van der Waals surface area (Å²) in [6.45, 7) is 0.262. The molecule has 0 aromatic heterocycles. The van der Waals surface area contributed by atoms with Crippen LogP contribution in [0.15, 0.2) is 71.6 Å². The molecule has 34 heavy (non-hydrogen) atoms. The predicted octanol–water partition coefficient (Wildman–Crippen LogP) is 4.81. The van der Waals surface area contributed by atoms with E-state index in [1.54, 1.807) is 6.92 Å². The molecular weight excluding hydrogens is 476 g/mol. The maximum Gasteiger partial charge on any atom is 0.422 e. The van der Waals surface area contributed by atoms with Gasteiger partial charge in [-0.3, -0.25) is 9.52 Å². The van der Waals surface area contributed by atoms with Crippen LogP contribution in [-0.4, -0.2) is 27.1 Å². The summed E-state index contributed by atoms with van der Waals surface area (Å²) in [5, 5.41) is 2.63. The molecule has 6 nitrogen and oxygen atoms in total. The third-order valence-corrected chi connectivity index (χ3v) is 6.02. The summed E-state index contributed by atoms with van der Waals surface area (Å²) in [6, 6.07) is 14.9. The number of carbonyl (C=O) groups excluding carboxylic acids is 1. The maximum atomic E-state index is 13.8. The first kappa shape index (κ1) is 25.0. The Kier molecular flexibility index (Phi) is 7.45. The molecule has 0 saturated carbocycles. The molecule has 0 aliphatic rings. The van der Waals surface area contributed by atoms with Gasteiger partial charge in [0.1, 0.15) is 11.6 Å². The molecule has 0 radical (unpaired) electrons. The van der Waals surface area contributed by atoms with Crippen molar-refractivity contribution in [3.63, 3.8) is 0 Å². The number of anilines is 1. The molecule has 0 fully saturated rings. The van der Waals surface area contributed by atoms with Crippen LogP contribution in [0.4, 0.5) is 23.2 Å². The van der Waals surface area contributed by atoms with Gasteiger partial charge >= 0.3 is 6.18 Å². The monoisotopic (exact) mass is 496 g/mol. The number of hydrogen-bond acceptors (Lipinski definition) is 4. The van der Waals surface area contributed by atoms with E-state index < -0.39 is 34.5 Å². The minimum absolute atomic E-state index is 0.0310. The van der Waals surface area contributed by atoms with Crippen LogP contribution in [0.3, 0.4) is 0 Å². The quantitative estimate of drug-likeness (QED) is 0.439. The van der Waals surface area contributed by atoms with Gasteiger partial charge in [-0.05, 0) is 54.4 Å². The van der Waals surface area contributed by atoms with Crippen LogP contribution in [-0.2, 0) is 16.6 Å². The molecule has 0 spiro atoms. The SMILES string of the molecule is Cc1ccc(S(=O)(=O)Nc2ccccc2F)cc1C(=O)NCc1ccc(OCC(F)(F)F)cc1. The fourth-order valence-corrected chi connectivity index (χ4v) is 4.00. The lowest BCUT2D eigenvalue weighted by Crippen LogP contribution is -2.24. The average Bonchev–Trinajstić information content (AvgIpc) is 2.78. The lowest BCUT2D eigenvalue weighted by molar-refractivity contribution is -0.153. The van der Waals surface area contributed by atoms with Crippen molar-refractivity contribution in [2.45, 2.75) is 24.5 Å². The summed E-state index contributed by atoms with van der Waals surface area (Å²) in [5.74, 6) is -1.27. The van der Waals surface area contributed by atoms with Crippen molar-refractivity contribution in [3.8, 4) is 5.75 Å².